The number of aliphatic imine (C=N–C) groups is 1. The molecule has 1 aliphatic heterocycles. The molecule has 7 nitrogen and oxygen atoms in total. The Morgan fingerprint density at radius 2 is 2.11 bits per heavy atom. The van der Waals surface area contributed by atoms with Gasteiger partial charge in [0.15, 0.2) is 5.96 Å². The van der Waals surface area contributed by atoms with E-state index in [1.165, 1.54) is 0 Å². The SMILES string of the molecule is CCOC(=O)C1CCN(C(=NC)NCc2cccc(-n3cccn3)c2)CC1.I. The monoisotopic (exact) mass is 497 g/mol. The Labute approximate surface area is 183 Å². The van der Waals surface area contributed by atoms with Crippen molar-refractivity contribution < 1.29 is 9.53 Å². The number of nitrogens with one attached hydrogen (secondary N) is 1. The summed E-state index contributed by atoms with van der Waals surface area (Å²) in [5, 5.41) is 7.70. The van der Waals surface area contributed by atoms with Gasteiger partial charge in [-0.05, 0) is 43.5 Å². The molecule has 1 saturated heterocycles. The molecule has 0 saturated carbocycles. The number of carbonyl (C=O) groups is 1. The number of hydrogen-bond acceptors (Lipinski definition) is 4. The van der Waals surface area contributed by atoms with Crippen LogP contribution in [0.25, 0.3) is 5.69 Å². The number of halogens is 1. The number of likely N-dealkylation sites (tertiary alicyclic amines) is 1. The van der Waals surface area contributed by atoms with E-state index in [9.17, 15) is 4.79 Å². The molecule has 1 fully saturated rings. The predicted molar refractivity (Wildman–Crippen MR) is 120 cm³/mol. The van der Waals surface area contributed by atoms with Gasteiger partial charge in [-0.15, -0.1) is 24.0 Å². The molecule has 0 radical (unpaired) electrons. The molecule has 2 aromatic rings. The van der Waals surface area contributed by atoms with E-state index in [2.05, 4.69) is 32.4 Å². The maximum absolute atomic E-state index is 11.9. The number of guanidine groups is 1. The summed E-state index contributed by atoms with van der Waals surface area (Å²) in [5.74, 6) is 0.794. The van der Waals surface area contributed by atoms with Crippen molar-refractivity contribution in [3.8, 4) is 5.69 Å². The van der Waals surface area contributed by atoms with Crippen molar-refractivity contribution in [2.45, 2.75) is 26.3 Å². The van der Waals surface area contributed by atoms with E-state index in [-0.39, 0.29) is 35.9 Å². The Morgan fingerprint density at radius 1 is 1.32 bits per heavy atom. The van der Waals surface area contributed by atoms with E-state index < -0.39 is 0 Å². The van der Waals surface area contributed by atoms with Gasteiger partial charge in [-0.2, -0.15) is 5.10 Å². The zero-order valence-corrected chi connectivity index (χ0v) is 18.7. The lowest BCUT2D eigenvalue weighted by Gasteiger charge is -2.33. The molecule has 3 rings (SSSR count). The third-order valence-electron chi connectivity index (χ3n) is 4.76. The molecule has 2 heterocycles. The normalized spacial score (nSPS) is 15.1. The highest BCUT2D eigenvalue weighted by Crippen LogP contribution is 2.19. The van der Waals surface area contributed by atoms with Crippen LogP contribution < -0.4 is 5.32 Å². The smallest absolute Gasteiger partial charge is 0.309 e. The van der Waals surface area contributed by atoms with Gasteiger partial charge in [-0.1, -0.05) is 12.1 Å². The van der Waals surface area contributed by atoms with Gasteiger partial charge < -0.3 is 15.0 Å². The number of rotatable bonds is 5. The van der Waals surface area contributed by atoms with Crippen molar-refractivity contribution in [2.24, 2.45) is 10.9 Å². The lowest BCUT2D eigenvalue weighted by atomic mass is 9.97. The number of nitrogens with zero attached hydrogens (tertiary/aromatic N) is 4. The van der Waals surface area contributed by atoms with Crippen LogP contribution in [0.15, 0.2) is 47.7 Å². The van der Waals surface area contributed by atoms with Gasteiger partial charge >= 0.3 is 5.97 Å². The average molecular weight is 497 g/mol. The molecule has 8 heteroatoms. The van der Waals surface area contributed by atoms with Crippen molar-refractivity contribution in [1.82, 2.24) is 20.0 Å². The van der Waals surface area contributed by atoms with Gasteiger partial charge in [0.2, 0.25) is 0 Å². The Hall–Kier alpha value is -2.10. The minimum atomic E-state index is -0.0736. The molecule has 1 aromatic heterocycles. The van der Waals surface area contributed by atoms with Gasteiger partial charge in [-0.3, -0.25) is 9.79 Å². The zero-order chi connectivity index (χ0) is 19.1. The zero-order valence-electron chi connectivity index (χ0n) is 16.4. The number of aromatic nitrogens is 2. The number of benzene rings is 1. The van der Waals surface area contributed by atoms with E-state index in [1.54, 1.807) is 13.2 Å². The number of carbonyl (C=O) groups excluding carboxylic acids is 1. The maximum atomic E-state index is 11.9. The van der Waals surface area contributed by atoms with Gasteiger partial charge in [0, 0.05) is 39.1 Å². The molecule has 0 atom stereocenters. The van der Waals surface area contributed by atoms with Crippen LogP contribution in [-0.2, 0) is 16.1 Å². The third-order valence-corrected chi connectivity index (χ3v) is 4.76. The van der Waals surface area contributed by atoms with E-state index >= 15 is 0 Å². The van der Waals surface area contributed by atoms with Crippen LogP contribution in [-0.4, -0.2) is 53.4 Å². The van der Waals surface area contributed by atoms with Crippen LogP contribution in [0.3, 0.4) is 0 Å². The number of hydrogen-bond donors (Lipinski definition) is 1. The molecule has 152 valence electrons. The summed E-state index contributed by atoms with van der Waals surface area (Å²) in [6.45, 7) is 4.58. The number of piperidine rings is 1. The number of ether oxygens (including phenoxy) is 1. The molecule has 0 unspecified atom stereocenters. The molecule has 1 aromatic carbocycles. The molecule has 0 aliphatic carbocycles. The highest BCUT2D eigenvalue weighted by atomic mass is 127. The van der Waals surface area contributed by atoms with Crippen molar-refractivity contribution in [2.75, 3.05) is 26.7 Å². The number of esters is 1. The fourth-order valence-electron chi connectivity index (χ4n) is 3.33. The lowest BCUT2D eigenvalue weighted by Crippen LogP contribution is -2.46. The van der Waals surface area contributed by atoms with Gasteiger partial charge in [0.25, 0.3) is 0 Å². The maximum Gasteiger partial charge on any atom is 0.309 e. The minimum absolute atomic E-state index is 0. The second-order valence-electron chi connectivity index (χ2n) is 6.53. The van der Waals surface area contributed by atoms with Crippen LogP contribution in [0.2, 0.25) is 0 Å². The van der Waals surface area contributed by atoms with Crippen molar-refractivity contribution >= 4 is 35.9 Å². The summed E-state index contributed by atoms with van der Waals surface area (Å²) < 4.78 is 6.99. The average Bonchev–Trinajstić information content (AvgIpc) is 3.24. The van der Waals surface area contributed by atoms with Crippen LogP contribution in [0, 0.1) is 5.92 Å². The second kappa shape index (κ2) is 11.0. The summed E-state index contributed by atoms with van der Waals surface area (Å²) in [6.07, 6.45) is 5.30. The van der Waals surface area contributed by atoms with Gasteiger partial charge in [-0.25, -0.2) is 4.68 Å². The first-order valence-electron chi connectivity index (χ1n) is 9.42. The van der Waals surface area contributed by atoms with E-state index in [0.29, 0.717) is 13.2 Å². The standard InChI is InChI=1S/C20H27N5O2.HI/c1-3-27-19(26)17-8-12-24(13-9-17)20(21-2)22-15-16-6-4-7-18(14-16)25-11-5-10-23-25;/h4-7,10-11,14,17H,3,8-9,12-13,15H2,1-2H3,(H,21,22);1H. The minimum Gasteiger partial charge on any atom is -0.466 e. The van der Waals surface area contributed by atoms with Gasteiger partial charge in [0.1, 0.15) is 0 Å². The second-order valence-corrected chi connectivity index (χ2v) is 6.53. The first kappa shape index (κ1) is 22.2. The summed E-state index contributed by atoms with van der Waals surface area (Å²) in [5.41, 5.74) is 2.19. The van der Waals surface area contributed by atoms with E-state index in [1.807, 2.05) is 36.0 Å². The highest BCUT2D eigenvalue weighted by molar-refractivity contribution is 14.0. The van der Waals surface area contributed by atoms with E-state index in [4.69, 9.17) is 4.74 Å². The first-order chi connectivity index (χ1) is 13.2. The first-order valence-corrected chi connectivity index (χ1v) is 9.42. The Morgan fingerprint density at radius 3 is 2.75 bits per heavy atom. The molecule has 0 bridgehead atoms. The lowest BCUT2D eigenvalue weighted by molar-refractivity contribution is -0.149. The van der Waals surface area contributed by atoms with Gasteiger partial charge in [0.05, 0.1) is 18.2 Å². The summed E-state index contributed by atoms with van der Waals surface area (Å²) >= 11 is 0. The largest absolute Gasteiger partial charge is 0.466 e. The molecular formula is C20H28IN5O2. The fourth-order valence-corrected chi connectivity index (χ4v) is 3.33. The van der Waals surface area contributed by atoms with Crippen LogP contribution in [0.4, 0.5) is 0 Å². The highest BCUT2D eigenvalue weighted by Gasteiger charge is 2.27. The quantitative estimate of drug-likeness (QED) is 0.298. The predicted octanol–water partition coefficient (Wildman–Crippen LogP) is 2.84. The van der Waals surface area contributed by atoms with E-state index in [0.717, 1.165) is 43.1 Å². The third kappa shape index (κ3) is 5.70. The Bertz CT molecular complexity index is 771. The Kier molecular flexibility index (Phi) is 8.75. The molecule has 1 N–H and O–H groups in total. The molecule has 0 amide bonds. The van der Waals surface area contributed by atoms with Crippen molar-refractivity contribution in [3.05, 3.63) is 48.3 Å². The van der Waals surface area contributed by atoms with Crippen LogP contribution in [0.1, 0.15) is 25.3 Å². The summed E-state index contributed by atoms with van der Waals surface area (Å²) in [7, 11) is 1.79. The van der Waals surface area contributed by atoms with Crippen molar-refractivity contribution in [3.63, 3.8) is 0 Å². The van der Waals surface area contributed by atoms with Crippen molar-refractivity contribution in [1.29, 1.82) is 0 Å². The van der Waals surface area contributed by atoms with Crippen LogP contribution in [0.5, 0.6) is 0 Å². The summed E-state index contributed by atoms with van der Waals surface area (Å²) in [6, 6.07) is 10.2. The molecular weight excluding hydrogens is 469 g/mol. The molecule has 0 spiro atoms. The van der Waals surface area contributed by atoms with Crippen LogP contribution >= 0.6 is 24.0 Å². The Balaban J connectivity index is 0.00000280. The summed E-state index contributed by atoms with van der Waals surface area (Å²) in [4.78, 5) is 18.5. The molecule has 28 heavy (non-hydrogen) atoms. The fraction of sp³-hybridized carbons (Fsp3) is 0.450. The molecule has 1 aliphatic rings. The topological polar surface area (TPSA) is 71.8 Å².